The van der Waals surface area contributed by atoms with Crippen LogP contribution >= 0.6 is 23.8 Å². The van der Waals surface area contributed by atoms with E-state index in [0.717, 1.165) is 30.1 Å². The molecule has 0 spiro atoms. The largest absolute Gasteiger partial charge is 0.362 e. The molecule has 2 rings (SSSR count). The molecule has 2 nitrogen and oxygen atoms in total. The molecule has 0 amide bonds. The first-order valence-electron chi connectivity index (χ1n) is 7.40. The molecule has 0 bridgehead atoms. The van der Waals surface area contributed by atoms with E-state index in [1.54, 1.807) is 0 Å². The highest BCUT2D eigenvalue weighted by Gasteiger charge is 2.00. The molecule has 0 aliphatic rings. The summed E-state index contributed by atoms with van der Waals surface area (Å²) in [5, 5.41) is 7.92. The van der Waals surface area contributed by atoms with Crippen molar-refractivity contribution in [2.75, 3.05) is 11.9 Å². The molecule has 0 saturated heterocycles. The van der Waals surface area contributed by atoms with Gasteiger partial charge >= 0.3 is 0 Å². The molecule has 116 valence electrons. The Labute approximate surface area is 142 Å². The number of rotatable bonds is 5. The highest BCUT2D eigenvalue weighted by Crippen LogP contribution is 2.13. The third kappa shape index (κ3) is 5.66. The Hall–Kier alpha value is -1.58. The standard InChI is InChI=1S/C18H21ClN2S/c1-13-10-14(2)12-17(11-13)21-18(22)20-9-3-4-15-5-7-16(19)8-6-15/h5-8,10-12H,3-4,9H2,1-2H3,(H2,20,21,22). The molecule has 0 atom stereocenters. The van der Waals surface area contributed by atoms with E-state index in [1.165, 1.54) is 16.7 Å². The van der Waals surface area contributed by atoms with Crippen LogP contribution in [0.5, 0.6) is 0 Å². The summed E-state index contributed by atoms with van der Waals surface area (Å²) >= 11 is 11.2. The van der Waals surface area contributed by atoms with Gasteiger partial charge in [-0.1, -0.05) is 29.8 Å². The Balaban J connectivity index is 1.72. The predicted octanol–water partition coefficient (Wildman–Crippen LogP) is 4.88. The maximum Gasteiger partial charge on any atom is 0.170 e. The molecule has 2 N–H and O–H groups in total. The van der Waals surface area contributed by atoms with Crippen molar-refractivity contribution in [3.63, 3.8) is 0 Å². The van der Waals surface area contributed by atoms with Crippen LogP contribution in [-0.2, 0) is 6.42 Å². The molecule has 0 aliphatic heterocycles. The third-order valence-corrected chi connectivity index (χ3v) is 3.82. The lowest BCUT2D eigenvalue weighted by molar-refractivity contribution is 0.777. The number of halogens is 1. The first-order valence-corrected chi connectivity index (χ1v) is 8.19. The van der Waals surface area contributed by atoms with Crippen LogP contribution in [0.25, 0.3) is 0 Å². The quantitative estimate of drug-likeness (QED) is 0.603. The van der Waals surface area contributed by atoms with Gasteiger partial charge in [-0.15, -0.1) is 0 Å². The van der Waals surface area contributed by atoms with Crippen molar-refractivity contribution in [3.05, 3.63) is 64.2 Å². The second-order valence-electron chi connectivity index (χ2n) is 5.49. The zero-order chi connectivity index (χ0) is 15.9. The van der Waals surface area contributed by atoms with Gasteiger partial charge in [-0.3, -0.25) is 0 Å². The van der Waals surface area contributed by atoms with Gasteiger partial charge in [0.2, 0.25) is 0 Å². The number of thiocarbonyl (C=S) groups is 1. The summed E-state index contributed by atoms with van der Waals surface area (Å²) < 4.78 is 0. The average molecular weight is 333 g/mol. The van der Waals surface area contributed by atoms with Crippen LogP contribution in [-0.4, -0.2) is 11.7 Å². The molecule has 22 heavy (non-hydrogen) atoms. The summed E-state index contributed by atoms with van der Waals surface area (Å²) in [6, 6.07) is 14.3. The number of hydrogen-bond acceptors (Lipinski definition) is 1. The maximum atomic E-state index is 5.88. The minimum absolute atomic E-state index is 0.668. The molecule has 0 saturated carbocycles. The molecule has 0 unspecified atom stereocenters. The fourth-order valence-electron chi connectivity index (χ4n) is 2.37. The van der Waals surface area contributed by atoms with Gasteiger partial charge in [0.1, 0.15) is 0 Å². The van der Waals surface area contributed by atoms with Gasteiger partial charge in [-0.25, -0.2) is 0 Å². The number of aryl methyl sites for hydroxylation is 3. The van der Waals surface area contributed by atoms with Crippen LogP contribution in [0.1, 0.15) is 23.1 Å². The van der Waals surface area contributed by atoms with Crippen molar-refractivity contribution in [1.82, 2.24) is 5.32 Å². The van der Waals surface area contributed by atoms with Crippen molar-refractivity contribution >= 4 is 34.6 Å². The van der Waals surface area contributed by atoms with Crippen LogP contribution in [0.4, 0.5) is 5.69 Å². The van der Waals surface area contributed by atoms with Crippen molar-refractivity contribution < 1.29 is 0 Å². The first kappa shape index (κ1) is 16.8. The van der Waals surface area contributed by atoms with Crippen LogP contribution in [0.3, 0.4) is 0 Å². The fourth-order valence-corrected chi connectivity index (χ4v) is 2.71. The molecule has 2 aromatic carbocycles. The summed E-state index contributed by atoms with van der Waals surface area (Å²) in [5.41, 5.74) is 4.79. The average Bonchev–Trinajstić information content (AvgIpc) is 2.44. The van der Waals surface area contributed by atoms with Gasteiger partial charge in [0.05, 0.1) is 0 Å². The predicted molar refractivity (Wildman–Crippen MR) is 99.9 cm³/mol. The lowest BCUT2D eigenvalue weighted by atomic mass is 10.1. The summed E-state index contributed by atoms with van der Waals surface area (Å²) in [5.74, 6) is 0. The maximum absolute atomic E-state index is 5.88. The number of benzene rings is 2. The molecule has 0 fully saturated rings. The van der Waals surface area contributed by atoms with E-state index in [-0.39, 0.29) is 0 Å². The van der Waals surface area contributed by atoms with Gasteiger partial charge in [0.25, 0.3) is 0 Å². The normalized spacial score (nSPS) is 10.3. The molecular formula is C18H21ClN2S. The highest BCUT2D eigenvalue weighted by molar-refractivity contribution is 7.80. The van der Waals surface area contributed by atoms with Crippen LogP contribution in [0.2, 0.25) is 5.02 Å². The molecule has 4 heteroatoms. The Morgan fingerprint density at radius 1 is 1.05 bits per heavy atom. The smallest absolute Gasteiger partial charge is 0.170 e. The Morgan fingerprint density at radius 3 is 2.32 bits per heavy atom. The van der Waals surface area contributed by atoms with E-state index in [1.807, 2.05) is 12.1 Å². The summed E-state index contributed by atoms with van der Waals surface area (Å²) in [4.78, 5) is 0. The fraction of sp³-hybridized carbons (Fsp3) is 0.278. The zero-order valence-electron chi connectivity index (χ0n) is 12.9. The van der Waals surface area contributed by atoms with Crippen molar-refractivity contribution in [2.45, 2.75) is 26.7 Å². The molecule has 0 heterocycles. The number of hydrogen-bond donors (Lipinski definition) is 2. The lowest BCUT2D eigenvalue weighted by Crippen LogP contribution is -2.29. The molecule has 0 radical (unpaired) electrons. The monoisotopic (exact) mass is 332 g/mol. The van der Waals surface area contributed by atoms with Gasteiger partial charge in [-0.05, 0) is 79.9 Å². The van der Waals surface area contributed by atoms with E-state index < -0.39 is 0 Å². The Kier molecular flexibility index (Phi) is 6.22. The Bertz CT molecular complexity index is 618. The topological polar surface area (TPSA) is 24.1 Å². The SMILES string of the molecule is Cc1cc(C)cc(NC(=S)NCCCc2ccc(Cl)cc2)c1. The van der Waals surface area contributed by atoms with Crippen LogP contribution < -0.4 is 10.6 Å². The van der Waals surface area contributed by atoms with Crippen molar-refractivity contribution in [1.29, 1.82) is 0 Å². The second-order valence-corrected chi connectivity index (χ2v) is 6.33. The third-order valence-electron chi connectivity index (χ3n) is 3.32. The van der Waals surface area contributed by atoms with E-state index in [2.05, 4.69) is 54.8 Å². The van der Waals surface area contributed by atoms with Gasteiger partial charge in [0.15, 0.2) is 5.11 Å². The Morgan fingerprint density at radius 2 is 1.68 bits per heavy atom. The van der Waals surface area contributed by atoms with Crippen LogP contribution in [0, 0.1) is 13.8 Å². The zero-order valence-corrected chi connectivity index (χ0v) is 14.5. The van der Waals surface area contributed by atoms with Crippen molar-refractivity contribution in [3.8, 4) is 0 Å². The number of nitrogens with one attached hydrogen (secondary N) is 2. The lowest BCUT2D eigenvalue weighted by Gasteiger charge is -2.12. The van der Waals surface area contributed by atoms with Crippen molar-refractivity contribution in [2.24, 2.45) is 0 Å². The molecule has 2 aromatic rings. The minimum Gasteiger partial charge on any atom is -0.362 e. The van der Waals surface area contributed by atoms with E-state index in [9.17, 15) is 0 Å². The summed E-state index contributed by atoms with van der Waals surface area (Å²) in [6.45, 7) is 5.01. The molecule has 0 aliphatic carbocycles. The van der Waals surface area contributed by atoms with E-state index in [4.69, 9.17) is 23.8 Å². The molecule has 0 aromatic heterocycles. The number of anilines is 1. The second kappa shape index (κ2) is 8.16. The van der Waals surface area contributed by atoms with Crippen LogP contribution in [0.15, 0.2) is 42.5 Å². The summed E-state index contributed by atoms with van der Waals surface area (Å²) in [7, 11) is 0. The van der Waals surface area contributed by atoms with Gasteiger partial charge < -0.3 is 10.6 Å². The first-order chi connectivity index (χ1) is 10.5. The van der Waals surface area contributed by atoms with Gasteiger partial charge in [0, 0.05) is 17.3 Å². The van der Waals surface area contributed by atoms with Gasteiger partial charge in [-0.2, -0.15) is 0 Å². The summed E-state index contributed by atoms with van der Waals surface area (Å²) in [6.07, 6.45) is 2.03. The molecular weight excluding hydrogens is 312 g/mol. The van der Waals surface area contributed by atoms with E-state index >= 15 is 0 Å². The minimum atomic E-state index is 0.668. The van der Waals surface area contributed by atoms with E-state index in [0.29, 0.717) is 5.11 Å². The highest BCUT2D eigenvalue weighted by atomic mass is 35.5.